The molecule has 0 aliphatic heterocycles. The summed E-state index contributed by atoms with van der Waals surface area (Å²) in [4.78, 5) is 32.8. The van der Waals surface area contributed by atoms with E-state index < -0.39 is 162 Å². The molecule has 3 heterocycles. The molecule has 388 valence electrons. The molecule has 2 N–H and O–H groups in total. The van der Waals surface area contributed by atoms with Gasteiger partial charge in [-0.2, -0.15) is 45.3 Å². The number of benzene rings is 2. The molecule has 1 saturated carbocycles. The Morgan fingerprint density at radius 2 is 1.68 bits per heavy atom. The van der Waals surface area contributed by atoms with Gasteiger partial charge in [-0.05, 0) is 81.3 Å². The third-order valence-corrected chi connectivity index (χ3v) is 14.9. The Kier molecular flexibility index (Phi) is 14.4. The molecule has 0 radical (unpaired) electrons. The molecule has 5 atom stereocenters. The van der Waals surface area contributed by atoms with E-state index in [1.54, 1.807) is 0 Å². The topological polar surface area (TPSA) is 196 Å². The maximum absolute atomic E-state index is 15.6. The van der Waals surface area contributed by atoms with Crippen LogP contribution in [0.4, 0.5) is 49.7 Å². The second kappa shape index (κ2) is 19.2. The molecular formula is C44H40ClF10N8O7S2-. The number of pyridine rings is 1. The van der Waals surface area contributed by atoms with Crippen LogP contribution in [0.3, 0.4) is 0 Å². The fourth-order valence-corrected chi connectivity index (χ4v) is 9.33. The standard InChI is InChI=1S/C44H41ClF10N8O7S2/c1-21(64)17-60(4)33(66)19-63(71(67)68)40-35-30(45)9-8-27(37(35)62(59-40)20-42(48,49)50)26-7-6-25(10-11-41(2,3)72(5,69)70)56-36(26)31(14-22-12-23(46)15-24(47)13-22)57-32(65)18-61-39-34(38(58-61)44(53,54)55)28-16-29(28)43(39,51)52/h6-9,12-13,15,21,28-29,31,64H,14,16-20H2,1-5H3,(H,57,65)(H,67,68)/p-1/t21?,28-,29+,31?/m0/s1. The van der Waals surface area contributed by atoms with Gasteiger partial charge in [0.2, 0.25) is 11.8 Å². The van der Waals surface area contributed by atoms with Gasteiger partial charge in [-0.15, -0.1) is 0 Å². The Bertz CT molecular complexity index is 3190. The van der Waals surface area contributed by atoms with Gasteiger partial charge in [0.15, 0.2) is 21.3 Å². The molecular weight excluding hydrogens is 1040 g/mol. The van der Waals surface area contributed by atoms with E-state index in [1.807, 2.05) is 0 Å². The zero-order chi connectivity index (χ0) is 53.4. The van der Waals surface area contributed by atoms with Crippen LogP contribution in [0.2, 0.25) is 5.02 Å². The average molecular weight is 1080 g/mol. The van der Waals surface area contributed by atoms with Crippen molar-refractivity contribution in [2.75, 3.05) is 30.7 Å². The van der Waals surface area contributed by atoms with Gasteiger partial charge < -0.3 is 19.9 Å². The molecule has 15 nitrogen and oxygen atoms in total. The number of carbonyl (C=O) groups excluding carboxylic acids is 2. The van der Waals surface area contributed by atoms with Crippen molar-refractivity contribution in [3.63, 3.8) is 0 Å². The lowest BCUT2D eigenvalue weighted by Gasteiger charge is -2.27. The van der Waals surface area contributed by atoms with Crippen LogP contribution in [0.15, 0.2) is 42.5 Å². The van der Waals surface area contributed by atoms with Gasteiger partial charge in [0.1, 0.15) is 47.4 Å². The first-order valence-corrected chi connectivity index (χ1v) is 24.6. The molecule has 0 saturated heterocycles. The minimum Gasteiger partial charge on any atom is -0.755 e. The number of aliphatic hydroxyl groups is 1. The van der Waals surface area contributed by atoms with Crippen LogP contribution in [0.5, 0.6) is 0 Å². The summed E-state index contributed by atoms with van der Waals surface area (Å²) in [6, 6.07) is 4.88. The summed E-state index contributed by atoms with van der Waals surface area (Å²) < 4.78 is 197. The maximum Gasteiger partial charge on any atom is 0.435 e. The minimum atomic E-state index is -5.22. The first-order chi connectivity index (χ1) is 33.2. The second-order valence-electron chi connectivity index (χ2n) is 17.9. The number of nitrogens with zero attached hydrogens (tertiary/aromatic N) is 7. The van der Waals surface area contributed by atoms with Crippen LogP contribution in [0.1, 0.15) is 73.1 Å². The normalized spacial score (nSPS) is 17.6. The average Bonchev–Trinajstić information content (AvgIpc) is 3.75. The third-order valence-electron chi connectivity index (χ3n) is 12.0. The number of rotatable bonds is 15. The number of sulfone groups is 1. The van der Waals surface area contributed by atoms with E-state index in [2.05, 4.69) is 32.3 Å². The number of hydrogen-bond donors (Lipinski definition) is 2. The SMILES string of the molecule is CC(O)CN(C)C(=O)CN(c1nn(CC(F)(F)F)c2c(-c3ccc(C#CC(C)(C)S(C)(=O)=O)nc3C(Cc3cc(F)cc(F)c3)NC(=O)Cn3nc(C(F)(F)F)c4c3C(F)(F)[C@@H]3C[C@H]43)ccc(Cl)c12)S(=O)[O-]. The summed E-state index contributed by atoms with van der Waals surface area (Å²) in [6.07, 6.45) is -11.5. The molecule has 2 aromatic carbocycles. The summed E-state index contributed by atoms with van der Waals surface area (Å²) in [7, 11) is -2.69. The first-order valence-electron chi connectivity index (χ1n) is 21.3. The number of carbonyl (C=O) groups is 2. The monoisotopic (exact) mass is 1080 g/mol. The number of amides is 2. The summed E-state index contributed by atoms with van der Waals surface area (Å²) in [5, 5.41) is 18.7. The molecule has 1 fully saturated rings. The van der Waals surface area contributed by atoms with E-state index in [1.165, 1.54) is 33.9 Å². The highest BCUT2D eigenvalue weighted by Gasteiger charge is 2.68. The molecule has 2 aliphatic carbocycles. The van der Waals surface area contributed by atoms with E-state index >= 15 is 8.78 Å². The van der Waals surface area contributed by atoms with Crippen molar-refractivity contribution in [3.8, 4) is 23.0 Å². The summed E-state index contributed by atoms with van der Waals surface area (Å²) in [6.45, 7) is -0.794. The highest BCUT2D eigenvalue weighted by molar-refractivity contribution is 7.92. The van der Waals surface area contributed by atoms with Gasteiger partial charge >= 0.3 is 12.4 Å². The van der Waals surface area contributed by atoms with Gasteiger partial charge in [0, 0.05) is 59.8 Å². The molecule has 7 rings (SSSR count). The Labute approximate surface area is 410 Å². The van der Waals surface area contributed by atoms with Crippen LogP contribution in [0, 0.1) is 29.4 Å². The minimum absolute atomic E-state index is 0.195. The molecule has 5 aromatic rings. The van der Waals surface area contributed by atoms with Crippen molar-refractivity contribution in [3.05, 3.63) is 93.0 Å². The molecule has 3 unspecified atom stereocenters. The largest absolute Gasteiger partial charge is 0.755 e. The molecule has 2 amide bonds. The fraction of sp³-hybridized carbons (Fsp3) is 0.432. The van der Waals surface area contributed by atoms with E-state index in [4.69, 9.17) is 11.6 Å². The predicted molar refractivity (Wildman–Crippen MR) is 238 cm³/mol. The predicted octanol–water partition coefficient (Wildman–Crippen LogP) is 6.73. The quantitative estimate of drug-likeness (QED) is 0.0645. The first kappa shape index (κ1) is 54.0. The van der Waals surface area contributed by atoms with Crippen LogP contribution in [-0.4, -0.2) is 107 Å². The molecule has 28 heteroatoms. The highest BCUT2D eigenvalue weighted by atomic mass is 35.5. The zero-order valence-corrected chi connectivity index (χ0v) is 40.5. The number of aliphatic hydroxyl groups excluding tert-OH is 1. The van der Waals surface area contributed by atoms with Gasteiger partial charge in [-0.3, -0.25) is 27.5 Å². The van der Waals surface area contributed by atoms with E-state index in [0.717, 1.165) is 41.5 Å². The highest BCUT2D eigenvalue weighted by Crippen LogP contribution is 2.68. The lowest BCUT2D eigenvalue weighted by Crippen LogP contribution is -2.42. The van der Waals surface area contributed by atoms with E-state index in [0.29, 0.717) is 15.1 Å². The number of alkyl halides is 8. The van der Waals surface area contributed by atoms with Crippen molar-refractivity contribution >= 4 is 61.2 Å². The zero-order valence-electron chi connectivity index (χ0n) is 38.1. The molecule has 0 bridgehead atoms. The maximum atomic E-state index is 15.6. The second-order valence-corrected chi connectivity index (χ2v) is 21.7. The van der Waals surface area contributed by atoms with Gasteiger partial charge in [-0.1, -0.05) is 23.6 Å². The Hall–Kier alpha value is -5.82. The summed E-state index contributed by atoms with van der Waals surface area (Å²) in [5.41, 5.74) is -5.73. The lowest BCUT2D eigenvalue weighted by molar-refractivity contribution is -0.143. The van der Waals surface area contributed by atoms with Gasteiger partial charge in [0.25, 0.3) is 5.92 Å². The van der Waals surface area contributed by atoms with Crippen LogP contribution in [-0.2, 0) is 62.3 Å². The molecule has 72 heavy (non-hydrogen) atoms. The number of hydrogen-bond acceptors (Lipinski definition) is 10. The smallest absolute Gasteiger partial charge is 0.435 e. The molecule has 3 aromatic heterocycles. The number of anilines is 1. The number of likely N-dealkylation sites (N-methyl/N-ethyl adjacent to an activating group) is 1. The fourth-order valence-electron chi connectivity index (χ4n) is 8.37. The third kappa shape index (κ3) is 11.1. The summed E-state index contributed by atoms with van der Waals surface area (Å²) in [5.74, 6) is -6.78. The Balaban J connectivity index is 1.46. The van der Waals surface area contributed by atoms with Gasteiger partial charge in [0.05, 0.1) is 33.8 Å². The van der Waals surface area contributed by atoms with E-state index in [9.17, 15) is 67.0 Å². The number of fused-ring (bicyclic) bond motifs is 4. The Morgan fingerprint density at radius 3 is 2.26 bits per heavy atom. The van der Waals surface area contributed by atoms with Crippen molar-refractivity contribution in [2.24, 2.45) is 5.92 Å². The van der Waals surface area contributed by atoms with Gasteiger partial charge in [-0.25, -0.2) is 22.2 Å². The van der Waals surface area contributed by atoms with Crippen molar-refractivity contribution in [1.82, 2.24) is 34.8 Å². The van der Waals surface area contributed by atoms with Crippen LogP contribution in [0.25, 0.3) is 22.0 Å². The Morgan fingerprint density at radius 1 is 1.04 bits per heavy atom. The molecule has 2 aliphatic rings. The van der Waals surface area contributed by atoms with Crippen LogP contribution < -0.4 is 9.62 Å². The van der Waals surface area contributed by atoms with Crippen molar-refractivity contribution in [2.45, 2.75) is 87.8 Å². The number of halogens is 11. The van der Waals surface area contributed by atoms with Crippen molar-refractivity contribution in [1.29, 1.82) is 0 Å². The number of nitrogens with one attached hydrogen (secondary N) is 1. The van der Waals surface area contributed by atoms with E-state index in [-0.39, 0.29) is 40.0 Å². The lowest BCUT2D eigenvalue weighted by atomic mass is 9.93. The van der Waals surface area contributed by atoms with Crippen molar-refractivity contribution < 1.29 is 75.8 Å². The number of aromatic nitrogens is 5. The van der Waals surface area contributed by atoms with Crippen LogP contribution >= 0.6 is 11.6 Å². The summed E-state index contributed by atoms with van der Waals surface area (Å²) >= 11 is 3.17. The molecule has 0 spiro atoms.